The largest absolute Gasteiger partial charge is 0.497 e. The van der Waals surface area contributed by atoms with Crippen molar-refractivity contribution >= 4 is 50.5 Å². The molecule has 2 amide bonds. The van der Waals surface area contributed by atoms with Crippen LogP contribution in [0.1, 0.15) is 20.0 Å². The van der Waals surface area contributed by atoms with Gasteiger partial charge in [0.1, 0.15) is 10.6 Å². The van der Waals surface area contributed by atoms with E-state index in [2.05, 4.69) is 10.9 Å². The second-order valence-electron chi connectivity index (χ2n) is 5.14. The van der Waals surface area contributed by atoms with Crippen molar-refractivity contribution in [2.45, 2.75) is 0 Å². The molecular weight excluding hydrogens is 362 g/mol. The molecule has 2 aromatic carbocycles. The third-order valence-corrected chi connectivity index (χ3v) is 5.14. The van der Waals surface area contributed by atoms with Crippen LogP contribution in [0.5, 0.6) is 5.75 Å². The minimum Gasteiger partial charge on any atom is -0.497 e. The number of methoxy groups -OCH3 is 1. The molecule has 0 fully saturated rings. The number of nitrogens with one attached hydrogen (secondary N) is 2. The molecule has 0 spiro atoms. The maximum absolute atomic E-state index is 12.3. The lowest BCUT2D eigenvalue weighted by Gasteiger charge is -2.07. The Morgan fingerprint density at radius 3 is 2.60 bits per heavy atom. The predicted octanol–water partition coefficient (Wildman–Crippen LogP) is 3.22. The fraction of sp³-hybridized carbons (Fsp3) is 0.0588. The Morgan fingerprint density at radius 2 is 1.88 bits per heavy atom. The Morgan fingerprint density at radius 1 is 1.12 bits per heavy atom. The molecule has 0 aliphatic heterocycles. The summed E-state index contributed by atoms with van der Waals surface area (Å²) in [4.78, 5) is 24.7. The van der Waals surface area contributed by atoms with E-state index in [9.17, 15) is 9.59 Å². The van der Waals surface area contributed by atoms with Crippen LogP contribution < -0.4 is 21.3 Å². The van der Waals surface area contributed by atoms with E-state index in [1.807, 2.05) is 0 Å². The summed E-state index contributed by atoms with van der Waals surface area (Å²) in [6.45, 7) is 0. The average Bonchev–Trinajstić information content (AvgIpc) is 2.95. The van der Waals surface area contributed by atoms with Crippen LogP contribution in [0.3, 0.4) is 0 Å². The van der Waals surface area contributed by atoms with E-state index in [0.29, 0.717) is 26.9 Å². The Kier molecular flexibility index (Phi) is 4.78. The molecule has 1 aromatic heterocycles. The zero-order valence-electron chi connectivity index (χ0n) is 13.1. The lowest BCUT2D eigenvalue weighted by Crippen LogP contribution is -2.41. The van der Waals surface area contributed by atoms with Gasteiger partial charge in [-0.2, -0.15) is 0 Å². The molecule has 0 atom stereocenters. The van der Waals surface area contributed by atoms with Gasteiger partial charge in [0.05, 0.1) is 12.1 Å². The number of thiophene rings is 1. The van der Waals surface area contributed by atoms with Crippen LogP contribution in [-0.2, 0) is 0 Å². The molecule has 0 saturated heterocycles. The number of carbonyl (C=O) groups is 2. The van der Waals surface area contributed by atoms with E-state index >= 15 is 0 Å². The average molecular weight is 376 g/mol. The maximum Gasteiger partial charge on any atom is 0.281 e. The van der Waals surface area contributed by atoms with E-state index in [1.54, 1.807) is 43.5 Å². The lowest BCUT2D eigenvalue weighted by atomic mass is 10.2. The maximum atomic E-state index is 12.3. The summed E-state index contributed by atoms with van der Waals surface area (Å²) in [5, 5.41) is 1.08. The normalized spacial score (nSPS) is 10.5. The number of nitrogens with two attached hydrogens (primary N) is 1. The number of anilines is 1. The Labute approximate surface area is 152 Å². The number of rotatable bonds is 3. The summed E-state index contributed by atoms with van der Waals surface area (Å²) in [6.07, 6.45) is 0. The summed E-state index contributed by atoms with van der Waals surface area (Å²) in [7, 11) is 1.57. The lowest BCUT2D eigenvalue weighted by molar-refractivity contribution is 0.0849. The first-order valence-electron chi connectivity index (χ1n) is 7.22. The van der Waals surface area contributed by atoms with Gasteiger partial charge >= 0.3 is 0 Å². The van der Waals surface area contributed by atoms with Gasteiger partial charge in [-0.05, 0) is 36.4 Å². The molecule has 0 unspecified atom stereocenters. The fourth-order valence-corrected chi connectivity index (χ4v) is 3.68. The number of benzene rings is 2. The van der Waals surface area contributed by atoms with Crippen molar-refractivity contribution in [3.8, 4) is 5.75 Å². The third-order valence-electron chi connectivity index (χ3n) is 3.48. The van der Waals surface area contributed by atoms with Gasteiger partial charge in [-0.1, -0.05) is 17.7 Å². The summed E-state index contributed by atoms with van der Waals surface area (Å²) in [5.74, 6) is -0.297. The van der Waals surface area contributed by atoms with Gasteiger partial charge in [-0.3, -0.25) is 20.4 Å². The van der Waals surface area contributed by atoms with Crippen LogP contribution in [-0.4, -0.2) is 18.9 Å². The number of hydrazine groups is 1. The number of nitrogen functional groups attached to an aromatic ring is 1. The standard InChI is InChI=1S/C17H14ClN3O3S/c1-24-11-5-6-12-13(8-11)25-15(14(12)18)17(23)21-20-16(22)9-3-2-4-10(19)7-9/h2-8H,19H2,1H3,(H,20,22)(H,21,23). The molecule has 3 aromatic rings. The van der Waals surface area contributed by atoms with Gasteiger partial charge in [0.2, 0.25) is 0 Å². The van der Waals surface area contributed by atoms with Gasteiger partial charge in [0.15, 0.2) is 0 Å². The topological polar surface area (TPSA) is 93.5 Å². The predicted molar refractivity (Wildman–Crippen MR) is 99.2 cm³/mol. The summed E-state index contributed by atoms with van der Waals surface area (Å²) in [6, 6.07) is 11.8. The van der Waals surface area contributed by atoms with Crippen molar-refractivity contribution in [1.29, 1.82) is 0 Å². The number of carbonyl (C=O) groups excluding carboxylic acids is 2. The highest BCUT2D eigenvalue weighted by Crippen LogP contribution is 2.37. The van der Waals surface area contributed by atoms with Gasteiger partial charge in [0, 0.05) is 21.3 Å². The van der Waals surface area contributed by atoms with Crippen molar-refractivity contribution in [3.63, 3.8) is 0 Å². The molecule has 1 heterocycles. The van der Waals surface area contributed by atoms with Crippen LogP contribution in [0.25, 0.3) is 10.1 Å². The smallest absolute Gasteiger partial charge is 0.281 e. The molecule has 0 aliphatic rings. The highest BCUT2D eigenvalue weighted by molar-refractivity contribution is 7.21. The molecule has 3 rings (SSSR count). The van der Waals surface area contributed by atoms with Crippen LogP contribution in [0, 0.1) is 0 Å². The zero-order chi connectivity index (χ0) is 18.0. The van der Waals surface area contributed by atoms with Crippen molar-refractivity contribution in [2.75, 3.05) is 12.8 Å². The Bertz CT molecular complexity index is 971. The zero-order valence-corrected chi connectivity index (χ0v) is 14.7. The van der Waals surface area contributed by atoms with E-state index in [4.69, 9.17) is 22.1 Å². The number of ether oxygens (including phenoxy) is 1. The number of amides is 2. The Balaban J connectivity index is 1.76. The number of hydrogen-bond donors (Lipinski definition) is 3. The first-order valence-corrected chi connectivity index (χ1v) is 8.41. The number of halogens is 1. The molecule has 6 nitrogen and oxygen atoms in total. The summed E-state index contributed by atoms with van der Waals surface area (Å²) in [5.41, 5.74) is 11.1. The molecule has 25 heavy (non-hydrogen) atoms. The minimum atomic E-state index is -0.498. The molecule has 0 saturated carbocycles. The molecule has 128 valence electrons. The van der Waals surface area contributed by atoms with Gasteiger partial charge in [-0.25, -0.2) is 0 Å². The second kappa shape index (κ2) is 7.00. The van der Waals surface area contributed by atoms with Crippen LogP contribution in [0.15, 0.2) is 42.5 Å². The summed E-state index contributed by atoms with van der Waals surface area (Å²) < 4.78 is 5.98. The first-order chi connectivity index (χ1) is 12.0. The van der Waals surface area contributed by atoms with Crippen molar-refractivity contribution in [1.82, 2.24) is 10.9 Å². The highest BCUT2D eigenvalue weighted by Gasteiger charge is 2.18. The third kappa shape index (κ3) is 3.52. The molecule has 0 radical (unpaired) electrons. The van der Waals surface area contributed by atoms with E-state index in [-0.39, 0.29) is 0 Å². The second-order valence-corrected chi connectivity index (χ2v) is 6.57. The molecule has 0 aliphatic carbocycles. The Hall–Kier alpha value is -2.77. The molecular formula is C17H14ClN3O3S. The van der Waals surface area contributed by atoms with Gasteiger partial charge in [0.25, 0.3) is 11.8 Å². The molecule has 0 bridgehead atoms. The quantitative estimate of drug-likeness (QED) is 0.484. The van der Waals surface area contributed by atoms with Crippen LogP contribution in [0.2, 0.25) is 5.02 Å². The number of hydrogen-bond acceptors (Lipinski definition) is 5. The van der Waals surface area contributed by atoms with E-state index < -0.39 is 11.8 Å². The number of fused-ring (bicyclic) bond motifs is 1. The van der Waals surface area contributed by atoms with Crippen molar-refractivity contribution in [3.05, 3.63) is 57.9 Å². The minimum absolute atomic E-state index is 0.304. The van der Waals surface area contributed by atoms with Crippen molar-refractivity contribution in [2.24, 2.45) is 0 Å². The SMILES string of the molecule is COc1ccc2c(Cl)c(C(=O)NNC(=O)c3cccc(N)c3)sc2c1. The van der Waals surface area contributed by atoms with E-state index in [0.717, 1.165) is 10.1 Å². The van der Waals surface area contributed by atoms with Gasteiger partial charge in [-0.15, -0.1) is 11.3 Å². The highest BCUT2D eigenvalue weighted by atomic mass is 35.5. The molecule has 4 N–H and O–H groups in total. The van der Waals surface area contributed by atoms with Crippen molar-refractivity contribution < 1.29 is 14.3 Å². The van der Waals surface area contributed by atoms with Crippen LogP contribution >= 0.6 is 22.9 Å². The first kappa shape index (κ1) is 17.1. The monoisotopic (exact) mass is 375 g/mol. The van der Waals surface area contributed by atoms with Crippen LogP contribution in [0.4, 0.5) is 5.69 Å². The fourth-order valence-electron chi connectivity index (χ4n) is 2.24. The van der Waals surface area contributed by atoms with E-state index in [1.165, 1.54) is 17.4 Å². The van der Waals surface area contributed by atoms with Gasteiger partial charge < -0.3 is 10.5 Å². The summed E-state index contributed by atoms with van der Waals surface area (Å²) >= 11 is 7.50. The molecule has 8 heteroatoms.